The van der Waals surface area contributed by atoms with Crippen molar-refractivity contribution in [1.29, 1.82) is 0 Å². The Kier molecular flexibility index (Phi) is 5.31. The maximum atomic E-state index is 12.2. The maximum Gasteiger partial charge on any atom is 0.339 e. The van der Waals surface area contributed by atoms with E-state index in [1.54, 1.807) is 0 Å². The van der Waals surface area contributed by atoms with Gasteiger partial charge in [-0.25, -0.2) is 4.79 Å². The van der Waals surface area contributed by atoms with Crippen LogP contribution in [0, 0.1) is 0 Å². The van der Waals surface area contributed by atoms with Crippen molar-refractivity contribution in [3.05, 3.63) is 17.7 Å². The average Bonchev–Trinajstić information content (AvgIpc) is 3.36. The topological polar surface area (TPSA) is 83.1 Å². The maximum absolute atomic E-state index is 12.2. The average molecular weight is 323 g/mol. The number of rotatable bonds is 7. The number of hydrogen-bond donors (Lipinski definition) is 1. The molecule has 1 fully saturated rings. The number of carbonyl (C=O) groups is 2. The second-order valence-electron chi connectivity index (χ2n) is 5.24. The van der Waals surface area contributed by atoms with Crippen LogP contribution in [0.1, 0.15) is 30.1 Å². The van der Waals surface area contributed by atoms with Gasteiger partial charge in [0, 0.05) is 6.04 Å². The summed E-state index contributed by atoms with van der Waals surface area (Å²) >= 11 is 0. The lowest BCUT2D eigenvalue weighted by Gasteiger charge is -2.16. The Morgan fingerprint density at radius 3 is 2.09 bits per heavy atom. The zero-order chi connectivity index (χ0) is 17.0. The van der Waals surface area contributed by atoms with Crippen molar-refractivity contribution in [3.8, 4) is 17.2 Å². The largest absolute Gasteiger partial charge is 0.493 e. The third-order valence-corrected chi connectivity index (χ3v) is 3.48. The molecule has 0 spiro atoms. The van der Waals surface area contributed by atoms with Crippen LogP contribution in [0.5, 0.6) is 17.2 Å². The molecular weight excluding hydrogens is 302 g/mol. The fraction of sp³-hybridized carbons (Fsp3) is 0.500. The molecule has 7 nitrogen and oxygen atoms in total. The molecule has 1 saturated carbocycles. The quantitative estimate of drug-likeness (QED) is 0.766. The summed E-state index contributed by atoms with van der Waals surface area (Å²) in [6.07, 6.45) is 1.07. The van der Waals surface area contributed by atoms with E-state index in [0.717, 1.165) is 12.8 Å². The molecular formula is C16H21NO6. The minimum Gasteiger partial charge on any atom is -0.493 e. The van der Waals surface area contributed by atoms with Crippen molar-refractivity contribution in [2.45, 2.75) is 31.9 Å². The molecule has 1 atom stereocenters. The number of esters is 1. The van der Waals surface area contributed by atoms with Gasteiger partial charge in [0.2, 0.25) is 5.75 Å². The first kappa shape index (κ1) is 16.9. The van der Waals surface area contributed by atoms with Gasteiger partial charge in [0.25, 0.3) is 5.91 Å². The van der Waals surface area contributed by atoms with Crippen LogP contribution in [0.25, 0.3) is 0 Å². The normalized spacial score (nSPS) is 14.6. The molecule has 23 heavy (non-hydrogen) atoms. The minimum absolute atomic E-state index is 0.213. The molecule has 1 N–H and O–H groups in total. The van der Waals surface area contributed by atoms with Crippen LogP contribution >= 0.6 is 0 Å². The highest BCUT2D eigenvalue weighted by Gasteiger charge is 2.28. The first-order valence-corrected chi connectivity index (χ1v) is 7.31. The third-order valence-electron chi connectivity index (χ3n) is 3.48. The summed E-state index contributed by atoms with van der Waals surface area (Å²) in [6, 6.07) is 3.18. The fourth-order valence-corrected chi connectivity index (χ4v) is 2.03. The molecule has 0 radical (unpaired) electrons. The van der Waals surface area contributed by atoms with Crippen molar-refractivity contribution >= 4 is 11.9 Å². The van der Waals surface area contributed by atoms with E-state index >= 15 is 0 Å². The Labute approximate surface area is 134 Å². The zero-order valence-electron chi connectivity index (χ0n) is 13.7. The highest BCUT2D eigenvalue weighted by molar-refractivity contribution is 5.93. The van der Waals surface area contributed by atoms with E-state index in [2.05, 4.69) is 5.32 Å². The van der Waals surface area contributed by atoms with E-state index in [9.17, 15) is 9.59 Å². The lowest BCUT2D eigenvalue weighted by atomic mass is 10.2. The van der Waals surface area contributed by atoms with E-state index in [1.165, 1.54) is 40.4 Å². The number of ether oxygens (including phenoxy) is 4. The molecule has 1 aliphatic carbocycles. The van der Waals surface area contributed by atoms with Gasteiger partial charge in [0.15, 0.2) is 17.6 Å². The molecule has 0 saturated heterocycles. The van der Waals surface area contributed by atoms with E-state index < -0.39 is 12.1 Å². The molecule has 1 aliphatic rings. The lowest BCUT2D eigenvalue weighted by Crippen LogP contribution is -2.37. The van der Waals surface area contributed by atoms with Gasteiger partial charge in [0.05, 0.1) is 26.9 Å². The Morgan fingerprint density at radius 2 is 1.65 bits per heavy atom. The van der Waals surface area contributed by atoms with Crippen molar-refractivity contribution in [2.75, 3.05) is 21.3 Å². The molecule has 126 valence electrons. The van der Waals surface area contributed by atoms with E-state index in [4.69, 9.17) is 18.9 Å². The molecule has 0 heterocycles. The summed E-state index contributed by atoms with van der Waals surface area (Å²) in [5.41, 5.74) is 0.213. The number of amides is 1. The van der Waals surface area contributed by atoms with Crippen LogP contribution in [0.4, 0.5) is 0 Å². The smallest absolute Gasteiger partial charge is 0.339 e. The molecule has 1 aromatic carbocycles. The summed E-state index contributed by atoms with van der Waals surface area (Å²) in [5, 5.41) is 2.79. The van der Waals surface area contributed by atoms with Gasteiger partial charge >= 0.3 is 5.97 Å². The zero-order valence-corrected chi connectivity index (χ0v) is 13.7. The van der Waals surface area contributed by atoms with Crippen LogP contribution in [0.15, 0.2) is 12.1 Å². The van der Waals surface area contributed by atoms with Crippen molar-refractivity contribution in [1.82, 2.24) is 5.32 Å². The number of carbonyl (C=O) groups excluding carboxylic acids is 2. The Morgan fingerprint density at radius 1 is 1.09 bits per heavy atom. The molecule has 0 aromatic heterocycles. The Bertz CT molecular complexity index is 571. The van der Waals surface area contributed by atoms with Gasteiger partial charge in [0.1, 0.15) is 0 Å². The number of nitrogens with one attached hydrogen (secondary N) is 1. The first-order chi connectivity index (χ1) is 11.0. The Balaban J connectivity index is 2.13. The molecule has 1 amide bonds. The highest BCUT2D eigenvalue weighted by Crippen LogP contribution is 2.38. The number of methoxy groups -OCH3 is 3. The van der Waals surface area contributed by atoms with Crippen molar-refractivity contribution in [2.24, 2.45) is 0 Å². The summed E-state index contributed by atoms with van der Waals surface area (Å²) in [5.74, 6) is 0.129. The van der Waals surface area contributed by atoms with Gasteiger partial charge in [-0.15, -0.1) is 0 Å². The van der Waals surface area contributed by atoms with Gasteiger partial charge in [-0.05, 0) is 31.9 Å². The monoisotopic (exact) mass is 323 g/mol. The number of hydrogen-bond acceptors (Lipinski definition) is 6. The minimum atomic E-state index is -0.873. The van der Waals surface area contributed by atoms with Crippen LogP contribution < -0.4 is 19.5 Å². The standard InChI is InChI=1S/C16H21NO6/c1-9(15(18)17-11-5-6-11)23-16(19)10-7-12(20-2)14(22-4)13(8-10)21-3/h7-9,11H,5-6H2,1-4H3,(H,17,18). The highest BCUT2D eigenvalue weighted by atomic mass is 16.5. The van der Waals surface area contributed by atoms with Gasteiger partial charge in [-0.2, -0.15) is 0 Å². The molecule has 7 heteroatoms. The van der Waals surface area contributed by atoms with Gasteiger partial charge in [-0.3, -0.25) is 4.79 Å². The second-order valence-corrected chi connectivity index (χ2v) is 5.24. The molecule has 1 unspecified atom stereocenters. The SMILES string of the molecule is COc1cc(C(=O)OC(C)C(=O)NC2CC2)cc(OC)c1OC. The van der Waals surface area contributed by atoms with Crippen molar-refractivity contribution < 1.29 is 28.5 Å². The molecule has 2 rings (SSSR count). The number of benzene rings is 1. The van der Waals surface area contributed by atoms with Crippen molar-refractivity contribution in [3.63, 3.8) is 0 Å². The third kappa shape index (κ3) is 4.06. The van der Waals surface area contributed by atoms with E-state index in [0.29, 0.717) is 17.2 Å². The summed E-state index contributed by atoms with van der Waals surface area (Å²) in [7, 11) is 4.39. The Hall–Kier alpha value is -2.44. The van der Waals surface area contributed by atoms with Crippen LogP contribution in [-0.4, -0.2) is 45.4 Å². The predicted octanol–water partition coefficient (Wildman–Crippen LogP) is 1.54. The predicted molar refractivity (Wildman–Crippen MR) is 82.1 cm³/mol. The van der Waals surface area contributed by atoms with E-state index in [-0.39, 0.29) is 17.5 Å². The molecule has 0 aliphatic heterocycles. The van der Waals surface area contributed by atoms with Crippen LogP contribution in [0.3, 0.4) is 0 Å². The first-order valence-electron chi connectivity index (χ1n) is 7.31. The lowest BCUT2D eigenvalue weighted by molar-refractivity contribution is -0.129. The second kappa shape index (κ2) is 7.21. The van der Waals surface area contributed by atoms with Gasteiger partial charge < -0.3 is 24.3 Å². The summed E-state index contributed by atoms with van der Waals surface area (Å²) in [6.45, 7) is 1.54. The van der Waals surface area contributed by atoms with E-state index in [1.807, 2.05) is 0 Å². The van der Waals surface area contributed by atoms with Crippen LogP contribution in [-0.2, 0) is 9.53 Å². The van der Waals surface area contributed by atoms with Gasteiger partial charge in [-0.1, -0.05) is 0 Å². The molecule has 0 bridgehead atoms. The van der Waals surface area contributed by atoms with Crippen LogP contribution in [0.2, 0.25) is 0 Å². The molecule has 1 aromatic rings. The fourth-order valence-electron chi connectivity index (χ4n) is 2.03. The summed E-state index contributed by atoms with van der Waals surface area (Å²) in [4.78, 5) is 24.1. The summed E-state index contributed by atoms with van der Waals surface area (Å²) < 4.78 is 20.8.